The summed E-state index contributed by atoms with van der Waals surface area (Å²) >= 11 is 6.14. The van der Waals surface area contributed by atoms with Crippen molar-refractivity contribution in [1.29, 1.82) is 0 Å². The standard InChI is InChI=1S/C22H24ClNO3/c1-15-12-13-18(14-19(15)23)24-21(25)20(16-8-4-2-5-9-16)27-22(26)17-10-6-3-7-11-17/h2,4-5,8-9,12-14,17,20H,3,6-7,10-11H2,1H3,(H,24,25). The van der Waals surface area contributed by atoms with Gasteiger partial charge in [0.15, 0.2) is 0 Å². The summed E-state index contributed by atoms with van der Waals surface area (Å²) in [6.45, 7) is 1.90. The van der Waals surface area contributed by atoms with Crippen LogP contribution in [0, 0.1) is 12.8 Å². The SMILES string of the molecule is Cc1ccc(NC(=O)C(OC(=O)C2CCCCC2)c2ccccc2)cc1Cl. The van der Waals surface area contributed by atoms with Crippen LogP contribution >= 0.6 is 11.6 Å². The molecule has 0 radical (unpaired) electrons. The van der Waals surface area contributed by atoms with E-state index in [2.05, 4.69) is 5.32 Å². The van der Waals surface area contributed by atoms with Crippen molar-refractivity contribution in [2.75, 3.05) is 5.32 Å². The molecule has 5 heteroatoms. The number of halogens is 1. The van der Waals surface area contributed by atoms with Crippen LogP contribution in [0.3, 0.4) is 0 Å². The van der Waals surface area contributed by atoms with Gasteiger partial charge in [0.05, 0.1) is 5.92 Å². The van der Waals surface area contributed by atoms with E-state index in [0.29, 0.717) is 16.3 Å². The number of nitrogens with one attached hydrogen (secondary N) is 1. The van der Waals surface area contributed by atoms with Crippen molar-refractivity contribution in [3.63, 3.8) is 0 Å². The Morgan fingerprint density at radius 2 is 1.78 bits per heavy atom. The molecule has 0 aromatic heterocycles. The van der Waals surface area contributed by atoms with Gasteiger partial charge in [-0.3, -0.25) is 9.59 Å². The van der Waals surface area contributed by atoms with Gasteiger partial charge in [0.2, 0.25) is 6.10 Å². The number of amides is 1. The number of esters is 1. The molecule has 4 nitrogen and oxygen atoms in total. The third-order valence-corrected chi connectivity index (χ3v) is 5.36. The second kappa shape index (κ2) is 9.05. The maximum atomic E-state index is 12.9. The van der Waals surface area contributed by atoms with E-state index in [-0.39, 0.29) is 17.8 Å². The molecule has 3 rings (SSSR count). The minimum atomic E-state index is -0.985. The summed E-state index contributed by atoms with van der Waals surface area (Å²) in [5.41, 5.74) is 2.15. The summed E-state index contributed by atoms with van der Waals surface area (Å²) in [6, 6.07) is 14.4. The van der Waals surface area contributed by atoms with Crippen molar-refractivity contribution >= 4 is 29.2 Å². The number of hydrogen-bond donors (Lipinski definition) is 1. The van der Waals surface area contributed by atoms with Crippen LogP contribution in [0.1, 0.15) is 49.3 Å². The quantitative estimate of drug-likeness (QED) is 0.696. The van der Waals surface area contributed by atoms with Crippen LogP contribution in [0.4, 0.5) is 5.69 Å². The van der Waals surface area contributed by atoms with Crippen LogP contribution in [-0.4, -0.2) is 11.9 Å². The minimum Gasteiger partial charge on any atom is -0.447 e. The maximum Gasteiger partial charge on any atom is 0.310 e. The van der Waals surface area contributed by atoms with Crippen molar-refractivity contribution in [3.8, 4) is 0 Å². The molecule has 1 amide bonds. The number of ether oxygens (including phenoxy) is 1. The lowest BCUT2D eigenvalue weighted by Gasteiger charge is -2.24. The number of rotatable bonds is 5. The van der Waals surface area contributed by atoms with Crippen molar-refractivity contribution in [2.45, 2.75) is 45.1 Å². The van der Waals surface area contributed by atoms with Gasteiger partial charge in [-0.15, -0.1) is 0 Å². The van der Waals surface area contributed by atoms with E-state index in [4.69, 9.17) is 16.3 Å². The van der Waals surface area contributed by atoms with Gasteiger partial charge in [-0.05, 0) is 37.5 Å². The van der Waals surface area contributed by atoms with Crippen LogP contribution in [0.25, 0.3) is 0 Å². The molecule has 0 bridgehead atoms. The van der Waals surface area contributed by atoms with Gasteiger partial charge in [0.1, 0.15) is 0 Å². The number of aryl methyl sites for hydroxylation is 1. The second-order valence-electron chi connectivity index (χ2n) is 7.02. The van der Waals surface area contributed by atoms with E-state index < -0.39 is 6.10 Å². The predicted molar refractivity (Wildman–Crippen MR) is 107 cm³/mol. The number of hydrogen-bond acceptors (Lipinski definition) is 3. The van der Waals surface area contributed by atoms with Crippen LogP contribution < -0.4 is 5.32 Å². The summed E-state index contributed by atoms with van der Waals surface area (Å²) in [5.74, 6) is -0.794. The lowest BCUT2D eigenvalue weighted by molar-refractivity contribution is -0.159. The highest BCUT2D eigenvalue weighted by atomic mass is 35.5. The first-order valence-electron chi connectivity index (χ1n) is 9.37. The van der Waals surface area contributed by atoms with Gasteiger partial charge in [0, 0.05) is 16.3 Å². The highest BCUT2D eigenvalue weighted by molar-refractivity contribution is 6.31. The minimum absolute atomic E-state index is 0.119. The van der Waals surface area contributed by atoms with Gasteiger partial charge in [-0.25, -0.2) is 0 Å². The molecular formula is C22H24ClNO3. The summed E-state index contributed by atoms with van der Waals surface area (Å²) in [6.07, 6.45) is 3.89. The smallest absolute Gasteiger partial charge is 0.310 e. The first kappa shape index (κ1) is 19.4. The molecule has 1 N–H and O–H groups in total. The average Bonchev–Trinajstić information content (AvgIpc) is 2.70. The van der Waals surface area contributed by atoms with Gasteiger partial charge >= 0.3 is 5.97 Å². The number of anilines is 1. The van der Waals surface area contributed by atoms with Crippen LogP contribution in [0.15, 0.2) is 48.5 Å². The molecule has 0 heterocycles. The molecule has 0 spiro atoms. The molecule has 1 atom stereocenters. The molecule has 1 saturated carbocycles. The summed E-state index contributed by atoms with van der Waals surface area (Å²) in [4.78, 5) is 25.5. The monoisotopic (exact) mass is 385 g/mol. The molecule has 142 valence electrons. The molecule has 1 unspecified atom stereocenters. The molecule has 1 aliphatic rings. The third-order valence-electron chi connectivity index (χ3n) is 4.95. The fourth-order valence-corrected chi connectivity index (χ4v) is 3.51. The molecular weight excluding hydrogens is 362 g/mol. The van der Waals surface area contributed by atoms with E-state index in [0.717, 1.165) is 37.7 Å². The first-order valence-corrected chi connectivity index (χ1v) is 9.75. The molecule has 2 aromatic rings. The Balaban J connectivity index is 1.77. The maximum absolute atomic E-state index is 12.9. The molecule has 1 fully saturated rings. The summed E-state index contributed by atoms with van der Waals surface area (Å²) in [7, 11) is 0. The largest absolute Gasteiger partial charge is 0.447 e. The molecule has 0 saturated heterocycles. The van der Waals surface area contributed by atoms with E-state index in [1.807, 2.05) is 31.2 Å². The summed E-state index contributed by atoms with van der Waals surface area (Å²) < 4.78 is 5.68. The van der Waals surface area contributed by atoms with Crippen LogP contribution in [0.2, 0.25) is 5.02 Å². The van der Waals surface area contributed by atoms with Crippen molar-refractivity contribution in [1.82, 2.24) is 0 Å². The number of carbonyl (C=O) groups is 2. The van der Waals surface area contributed by atoms with Gasteiger partial charge < -0.3 is 10.1 Å². The van der Waals surface area contributed by atoms with E-state index >= 15 is 0 Å². The Kier molecular flexibility index (Phi) is 6.51. The Hall–Kier alpha value is -2.33. The topological polar surface area (TPSA) is 55.4 Å². The number of benzene rings is 2. The summed E-state index contributed by atoms with van der Waals surface area (Å²) in [5, 5.41) is 3.39. The Morgan fingerprint density at radius 3 is 2.44 bits per heavy atom. The molecule has 0 aliphatic heterocycles. The van der Waals surface area contributed by atoms with Crippen LogP contribution in [0.5, 0.6) is 0 Å². The normalized spacial score (nSPS) is 15.8. The fraction of sp³-hybridized carbons (Fsp3) is 0.364. The lowest BCUT2D eigenvalue weighted by atomic mass is 9.89. The Labute approximate surface area is 164 Å². The second-order valence-corrected chi connectivity index (χ2v) is 7.42. The fourth-order valence-electron chi connectivity index (χ4n) is 3.33. The zero-order chi connectivity index (χ0) is 19.2. The first-order chi connectivity index (χ1) is 13.0. The molecule has 1 aliphatic carbocycles. The lowest BCUT2D eigenvalue weighted by Crippen LogP contribution is -2.29. The molecule has 2 aromatic carbocycles. The average molecular weight is 386 g/mol. The van der Waals surface area contributed by atoms with Crippen LogP contribution in [-0.2, 0) is 14.3 Å². The zero-order valence-electron chi connectivity index (χ0n) is 15.4. The van der Waals surface area contributed by atoms with Crippen molar-refractivity contribution in [3.05, 3.63) is 64.7 Å². The van der Waals surface area contributed by atoms with Crippen molar-refractivity contribution < 1.29 is 14.3 Å². The van der Waals surface area contributed by atoms with Crippen molar-refractivity contribution in [2.24, 2.45) is 5.92 Å². The Bertz CT molecular complexity index is 800. The van der Waals surface area contributed by atoms with E-state index in [9.17, 15) is 9.59 Å². The van der Waals surface area contributed by atoms with E-state index in [1.165, 1.54) is 0 Å². The zero-order valence-corrected chi connectivity index (χ0v) is 16.2. The highest BCUT2D eigenvalue weighted by Crippen LogP contribution is 2.28. The predicted octanol–water partition coefficient (Wildman–Crippen LogP) is 5.45. The van der Waals surface area contributed by atoms with Gasteiger partial charge in [-0.1, -0.05) is 67.3 Å². The Morgan fingerprint density at radius 1 is 1.07 bits per heavy atom. The van der Waals surface area contributed by atoms with E-state index in [1.54, 1.807) is 24.3 Å². The third kappa shape index (κ3) is 5.10. The highest BCUT2D eigenvalue weighted by Gasteiger charge is 2.30. The van der Waals surface area contributed by atoms with Gasteiger partial charge in [0.25, 0.3) is 5.91 Å². The van der Waals surface area contributed by atoms with Gasteiger partial charge in [-0.2, -0.15) is 0 Å². The molecule has 27 heavy (non-hydrogen) atoms. The number of carbonyl (C=O) groups excluding carboxylic acids is 2.